The Morgan fingerprint density at radius 2 is 2.07 bits per heavy atom. The van der Waals surface area contributed by atoms with Crippen molar-refractivity contribution in [3.8, 4) is 11.1 Å². The summed E-state index contributed by atoms with van der Waals surface area (Å²) < 4.78 is 16.7. The Balaban J connectivity index is 1.37. The van der Waals surface area contributed by atoms with Crippen molar-refractivity contribution in [2.75, 3.05) is 22.9 Å². The highest BCUT2D eigenvalue weighted by molar-refractivity contribution is 5.97. The average molecular weight is 366 g/mol. The minimum atomic E-state index is -0.769. The van der Waals surface area contributed by atoms with Gasteiger partial charge in [0.25, 0.3) is 0 Å². The summed E-state index contributed by atoms with van der Waals surface area (Å²) in [7, 11) is 1.83. The normalized spacial score (nSPS) is 19.2. The number of carbonyl (C=O) groups excluding carboxylic acids is 1. The van der Waals surface area contributed by atoms with Gasteiger partial charge in [0.05, 0.1) is 25.0 Å². The van der Waals surface area contributed by atoms with Gasteiger partial charge in [-0.25, -0.2) is 14.2 Å². The number of halogens is 1. The maximum Gasteiger partial charge on any atom is 0.333 e. The molecule has 0 unspecified atom stereocenters. The number of aryl methyl sites for hydroxylation is 1. The molecule has 1 saturated heterocycles. The molecule has 5 rings (SSSR count). The van der Waals surface area contributed by atoms with E-state index in [1.807, 2.05) is 42.5 Å². The maximum absolute atomic E-state index is 13.4. The Bertz CT molecular complexity index is 1010. The topological polar surface area (TPSA) is 59.2 Å². The molecule has 138 valence electrons. The summed E-state index contributed by atoms with van der Waals surface area (Å²) in [5, 5.41) is 4.13. The first kappa shape index (κ1) is 16.0. The number of pyridine rings is 1. The SMILES string of the molecule is Cn1cc(N2Cc3cc(-c4ccc(N5CC[C@H](F)C5)nc4)cn3C2=O)cn1. The predicted octanol–water partition coefficient (Wildman–Crippen LogP) is 2.82. The molecule has 0 bridgehead atoms. The molecule has 1 atom stereocenters. The zero-order valence-corrected chi connectivity index (χ0v) is 14.9. The number of amides is 1. The molecular weight excluding hydrogens is 347 g/mol. The Hall–Kier alpha value is -3.16. The lowest BCUT2D eigenvalue weighted by Gasteiger charge is -2.16. The molecule has 8 heteroatoms. The van der Waals surface area contributed by atoms with Crippen molar-refractivity contribution in [2.24, 2.45) is 7.05 Å². The highest BCUT2D eigenvalue weighted by atomic mass is 19.1. The second-order valence-corrected chi connectivity index (χ2v) is 7.07. The van der Waals surface area contributed by atoms with Crippen LogP contribution in [0.1, 0.15) is 12.1 Å². The fraction of sp³-hybridized carbons (Fsp3) is 0.316. The van der Waals surface area contributed by atoms with Crippen molar-refractivity contribution in [2.45, 2.75) is 19.1 Å². The van der Waals surface area contributed by atoms with Crippen LogP contribution in [0.25, 0.3) is 11.1 Å². The summed E-state index contributed by atoms with van der Waals surface area (Å²) in [6.07, 6.45) is 6.94. The van der Waals surface area contributed by atoms with Crippen LogP contribution in [0.5, 0.6) is 0 Å². The van der Waals surface area contributed by atoms with Crippen LogP contribution in [0.2, 0.25) is 0 Å². The number of aromatic nitrogens is 4. The van der Waals surface area contributed by atoms with Gasteiger partial charge in [-0.1, -0.05) is 0 Å². The molecule has 3 aromatic rings. The molecule has 2 aliphatic heterocycles. The number of nitrogens with zero attached hydrogens (tertiary/aromatic N) is 6. The zero-order chi connectivity index (χ0) is 18.5. The van der Waals surface area contributed by atoms with Gasteiger partial charge in [-0.2, -0.15) is 5.10 Å². The van der Waals surface area contributed by atoms with Crippen LogP contribution < -0.4 is 9.80 Å². The summed E-state index contributed by atoms with van der Waals surface area (Å²) in [5.74, 6) is 0.796. The van der Waals surface area contributed by atoms with E-state index in [0.717, 1.165) is 28.3 Å². The molecule has 7 nitrogen and oxygen atoms in total. The van der Waals surface area contributed by atoms with E-state index in [0.29, 0.717) is 26.1 Å². The summed E-state index contributed by atoms with van der Waals surface area (Å²) in [6, 6.07) is 5.82. The first-order chi connectivity index (χ1) is 13.1. The molecule has 0 saturated carbocycles. The lowest BCUT2D eigenvalue weighted by molar-refractivity contribution is 0.251. The highest BCUT2D eigenvalue weighted by Gasteiger charge is 2.30. The van der Waals surface area contributed by atoms with Gasteiger partial charge in [0, 0.05) is 49.0 Å². The van der Waals surface area contributed by atoms with Crippen LogP contribution in [0.15, 0.2) is 43.0 Å². The molecule has 0 radical (unpaired) electrons. The van der Waals surface area contributed by atoms with Gasteiger partial charge in [-0.15, -0.1) is 0 Å². The predicted molar refractivity (Wildman–Crippen MR) is 99.6 cm³/mol. The van der Waals surface area contributed by atoms with Crippen molar-refractivity contribution < 1.29 is 9.18 Å². The average Bonchev–Trinajstić information content (AvgIpc) is 3.42. The largest absolute Gasteiger partial charge is 0.354 e. The molecule has 0 aromatic carbocycles. The van der Waals surface area contributed by atoms with Gasteiger partial charge in [-0.05, 0) is 24.6 Å². The standard InChI is InChI=1S/C19H19FN6O/c1-23-11-17(8-22-23)26-12-16-6-14(9-25(16)19(26)27)13-2-3-18(21-7-13)24-5-4-15(20)10-24/h2-3,6-9,11,15H,4-5,10,12H2,1H3/t15-/m0/s1. The lowest BCUT2D eigenvalue weighted by Crippen LogP contribution is -2.25. The molecule has 3 aromatic heterocycles. The number of hydrogen-bond acceptors (Lipinski definition) is 4. The maximum atomic E-state index is 13.4. The fourth-order valence-electron chi connectivity index (χ4n) is 3.74. The van der Waals surface area contributed by atoms with Gasteiger partial charge >= 0.3 is 6.03 Å². The molecule has 1 amide bonds. The number of alkyl halides is 1. The van der Waals surface area contributed by atoms with Gasteiger partial charge in [0.1, 0.15) is 12.0 Å². The Morgan fingerprint density at radius 1 is 1.19 bits per heavy atom. The van der Waals surface area contributed by atoms with Gasteiger partial charge < -0.3 is 4.90 Å². The minimum Gasteiger partial charge on any atom is -0.354 e. The summed E-state index contributed by atoms with van der Waals surface area (Å²) >= 11 is 0. The van der Waals surface area contributed by atoms with Crippen LogP contribution in [0.4, 0.5) is 20.7 Å². The van der Waals surface area contributed by atoms with E-state index in [9.17, 15) is 9.18 Å². The van der Waals surface area contributed by atoms with E-state index >= 15 is 0 Å². The number of hydrogen-bond donors (Lipinski definition) is 0. The van der Waals surface area contributed by atoms with Crippen molar-refractivity contribution in [3.63, 3.8) is 0 Å². The highest BCUT2D eigenvalue weighted by Crippen LogP contribution is 2.30. The van der Waals surface area contributed by atoms with Crippen molar-refractivity contribution in [1.29, 1.82) is 0 Å². The van der Waals surface area contributed by atoms with Crippen LogP contribution >= 0.6 is 0 Å². The van der Waals surface area contributed by atoms with Gasteiger partial charge in [0.2, 0.25) is 0 Å². The lowest BCUT2D eigenvalue weighted by atomic mass is 10.1. The quantitative estimate of drug-likeness (QED) is 0.715. The summed E-state index contributed by atoms with van der Waals surface area (Å²) in [5.41, 5.74) is 3.61. The molecule has 27 heavy (non-hydrogen) atoms. The summed E-state index contributed by atoms with van der Waals surface area (Å²) in [6.45, 7) is 1.62. The molecule has 0 N–H and O–H groups in total. The first-order valence-corrected chi connectivity index (χ1v) is 8.96. The van der Waals surface area contributed by atoms with Crippen LogP contribution in [0, 0.1) is 0 Å². The van der Waals surface area contributed by atoms with Gasteiger partial charge in [-0.3, -0.25) is 14.1 Å². The second kappa shape index (κ2) is 5.94. The molecule has 5 heterocycles. The van der Waals surface area contributed by atoms with Crippen LogP contribution in [-0.4, -0.2) is 44.6 Å². The summed E-state index contributed by atoms with van der Waals surface area (Å²) in [4.78, 5) is 20.9. The third-order valence-electron chi connectivity index (χ3n) is 5.20. The van der Waals surface area contributed by atoms with E-state index in [-0.39, 0.29) is 6.03 Å². The zero-order valence-electron chi connectivity index (χ0n) is 14.9. The molecule has 1 fully saturated rings. The van der Waals surface area contributed by atoms with Crippen molar-refractivity contribution in [1.82, 2.24) is 19.3 Å². The molecule has 2 aliphatic rings. The molecular formula is C19H19FN6O. The number of carbonyl (C=O) groups is 1. The van der Waals surface area contributed by atoms with E-state index in [4.69, 9.17) is 0 Å². The van der Waals surface area contributed by atoms with Crippen molar-refractivity contribution >= 4 is 17.5 Å². The van der Waals surface area contributed by atoms with E-state index in [1.54, 1.807) is 26.5 Å². The van der Waals surface area contributed by atoms with Crippen LogP contribution in [-0.2, 0) is 13.6 Å². The van der Waals surface area contributed by atoms with Gasteiger partial charge in [0.15, 0.2) is 0 Å². The Labute approximate surface area is 155 Å². The van der Waals surface area contributed by atoms with Crippen LogP contribution in [0.3, 0.4) is 0 Å². The Morgan fingerprint density at radius 3 is 2.70 bits per heavy atom. The molecule has 0 spiro atoms. The fourth-order valence-corrected chi connectivity index (χ4v) is 3.74. The monoisotopic (exact) mass is 366 g/mol. The first-order valence-electron chi connectivity index (χ1n) is 8.96. The van der Waals surface area contributed by atoms with E-state index in [1.165, 1.54) is 0 Å². The second-order valence-electron chi connectivity index (χ2n) is 7.07. The third-order valence-corrected chi connectivity index (χ3v) is 5.20. The number of rotatable bonds is 3. The third kappa shape index (κ3) is 2.68. The van der Waals surface area contributed by atoms with E-state index < -0.39 is 6.17 Å². The van der Waals surface area contributed by atoms with Crippen molar-refractivity contribution in [3.05, 3.63) is 48.7 Å². The smallest absolute Gasteiger partial charge is 0.333 e. The minimum absolute atomic E-state index is 0.0834. The number of anilines is 2. The Kier molecular flexibility index (Phi) is 3.53. The van der Waals surface area contributed by atoms with E-state index in [2.05, 4.69) is 10.1 Å². The number of fused-ring (bicyclic) bond motifs is 1. The molecule has 0 aliphatic carbocycles.